The predicted octanol–water partition coefficient (Wildman–Crippen LogP) is 2.65. The Balaban J connectivity index is 1.60. The molecule has 1 amide bonds. The summed E-state index contributed by atoms with van der Waals surface area (Å²) in [5, 5.41) is 8.91. The number of ether oxygens (including phenoxy) is 1. The lowest BCUT2D eigenvalue weighted by Crippen LogP contribution is -2.56. The molecular formula is C16H11ClFN3O2. The molecule has 1 aromatic heterocycles. The number of pyridine rings is 1. The third-order valence-electron chi connectivity index (χ3n) is 3.45. The van der Waals surface area contributed by atoms with Gasteiger partial charge in [-0.3, -0.25) is 4.79 Å². The van der Waals surface area contributed by atoms with Crippen molar-refractivity contribution in [2.24, 2.45) is 0 Å². The molecule has 1 aliphatic heterocycles. The fourth-order valence-electron chi connectivity index (χ4n) is 2.23. The Bertz CT molecular complexity index is 800. The maximum atomic E-state index is 13.0. The van der Waals surface area contributed by atoms with E-state index in [2.05, 4.69) is 4.98 Å². The van der Waals surface area contributed by atoms with E-state index in [4.69, 9.17) is 21.6 Å². The molecule has 2 heterocycles. The third-order valence-corrected chi connectivity index (χ3v) is 3.76. The molecule has 0 unspecified atom stereocenters. The van der Waals surface area contributed by atoms with Gasteiger partial charge in [0.2, 0.25) is 5.88 Å². The van der Waals surface area contributed by atoms with E-state index < -0.39 is 5.82 Å². The molecule has 1 aromatic carbocycles. The van der Waals surface area contributed by atoms with Crippen LogP contribution in [0.25, 0.3) is 0 Å². The number of carbonyl (C=O) groups excluding carboxylic acids is 1. The van der Waals surface area contributed by atoms with Gasteiger partial charge in [-0.05, 0) is 24.3 Å². The number of amides is 1. The van der Waals surface area contributed by atoms with Crippen LogP contribution >= 0.6 is 11.6 Å². The van der Waals surface area contributed by atoms with Gasteiger partial charge >= 0.3 is 0 Å². The zero-order valence-corrected chi connectivity index (χ0v) is 12.6. The van der Waals surface area contributed by atoms with Crippen LogP contribution in [0, 0.1) is 17.1 Å². The highest BCUT2D eigenvalue weighted by atomic mass is 35.5. The Hall–Kier alpha value is -2.65. The number of aromatic nitrogens is 1. The number of likely N-dealkylation sites (tertiary alicyclic amines) is 1. The lowest BCUT2D eigenvalue weighted by Gasteiger charge is -2.38. The summed E-state index contributed by atoms with van der Waals surface area (Å²) in [5.74, 6) is -0.408. The molecule has 2 aromatic rings. The lowest BCUT2D eigenvalue weighted by molar-refractivity contribution is 0.0160. The van der Waals surface area contributed by atoms with Crippen LogP contribution in [0.4, 0.5) is 4.39 Å². The van der Waals surface area contributed by atoms with Crippen LogP contribution in [0.3, 0.4) is 0 Å². The number of carbonyl (C=O) groups is 1. The largest absolute Gasteiger partial charge is 0.471 e. The fraction of sp³-hybridized carbons (Fsp3) is 0.188. The number of rotatable bonds is 3. The highest BCUT2D eigenvalue weighted by Crippen LogP contribution is 2.23. The first-order chi connectivity index (χ1) is 11.1. The molecule has 0 aliphatic carbocycles. The summed E-state index contributed by atoms with van der Waals surface area (Å²) in [4.78, 5) is 17.8. The Morgan fingerprint density at radius 2 is 2.17 bits per heavy atom. The molecule has 23 heavy (non-hydrogen) atoms. The second kappa shape index (κ2) is 6.23. The Morgan fingerprint density at radius 1 is 1.39 bits per heavy atom. The molecular weight excluding hydrogens is 321 g/mol. The van der Waals surface area contributed by atoms with Crippen molar-refractivity contribution in [2.75, 3.05) is 13.1 Å². The highest BCUT2D eigenvalue weighted by molar-refractivity contribution is 6.33. The normalized spacial score (nSPS) is 14.0. The molecule has 0 bridgehead atoms. The van der Waals surface area contributed by atoms with Crippen molar-refractivity contribution in [1.82, 2.24) is 9.88 Å². The second-order valence-electron chi connectivity index (χ2n) is 5.07. The van der Waals surface area contributed by atoms with E-state index in [9.17, 15) is 9.18 Å². The van der Waals surface area contributed by atoms with Gasteiger partial charge in [-0.1, -0.05) is 11.6 Å². The fourth-order valence-corrected chi connectivity index (χ4v) is 2.47. The SMILES string of the molecule is N#Cc1ccnc(OC2CN(C(=O)c3ccc(F)cc3Cl)C2)c1. The minimum absolute atomic E-state index is 0.0859. The summed E-state index contributed by atoms with van der Waals surface area (Å²) in [6.45, 7) is 0.760. The van der Waals surface area contributed by atoms with Crippen LogP contribution in [0.2, 0.25) is 5.02 Å². The molecule has 0 atom stereocenters. The van der Waals surface area contributed by atoms with Gasteiger partial charge < -0.3 is 9.64 Å². The number of nitrogens with zero attached hydrogens (tertiary/aromatic N) is 3. The van der Waals surface area contributed by atoms with Gasteiger partial charge in [-0.2, -0.15) is 5.26 Å². The Kier molecular flexibility index (Phi) is 4.13. The van der Waals surface area contributed by atoms with Crippen LogP contribution in [0.1, 0.15) is 15.9 Å². The number of benzene rings is 1. The zero-order chi connectivity index (χ0) is 16.4. The highest BCUT2D eigenvalue weighted by Gasteiger charge is 2.33. The van der Waals surface area contributed by atoms with E-state index in [1.165, 1.54) is 18.3 Å². The minimum Gasteiger partial charge on any atom is -0.471 e. The molecule has 1 aliphatic rings. The van der Waals surface area contributed by atoms with Crippen LogP contribution < -0.4 is 4.74 Å². The predicted molar refractivity (Wildman–Crippen MR) is 80.7 cm³/mol. The van der Waals surface area contributed by atoms with Crippen LogP contribution in [0.15, 0.2) is 36.5 Å². The summed E-state index contributed by atoms with van der Waals surface area (Å²) in [5.41, 5.74) is 0.719. The monoisotopic (exact) mass is 331 g/mol. The standard InChI is InChI=1S/C16H11ClFN3O2/c17-14-6-11(18)1-2-13(14)16(22)21-8-12(9-21)23-15-5-10(7-19)3-4-20-15/h1-6,12H,8-9H2. The summed E-state index contributed by atoms with van der Waals surface area (Å²) in [6, 6.07) is 8.81. The first kappa shape index (κ1) is 15.3. The average molecular weight is 332 g/mol. The van der Waals surface area contributed by atoms with Gasteiger partial charge in [0.15, 0.2) is 0 Å². The van der Waals surface area contributed by atoms with Crippen molar-refractivity contribution < 1.29 is 13.9 Å². The minimum atomic E-state index is -0.486. The molecule has 3 rings (SSSR count). The number of halogens is 2. The summed E-state index contributed by atoms with van der Waals surface area (Å²) in [7, 11) is 0. The Morgan fingerprint density at radius 3 is 2.87 bits per heavy atom. The average Bonchev–Trinajstić information content (AvgIpc) is 2.50. The molecule has 0 saturated carbocycles. The quantitative estimate of drug-likeness (QED) is 0.867. The first-order valence-corrected chi connectivity index (χ1v) is 7.22. The van der Waals surface area contributed by atoms with Gasteiger partial charge in [0.25, 0.3) is 5.91 Å². The summed E-state index contributed by atoms with van der Waals surface area (Å²) in [6.07, 6.45) is 1.30. The van der Waals surface area contributed by atoms with Crippen LogP contribution in [-0.4, -0.2) is 35.0 Å². The van der Waals surface area contributed by atoms with E-state index in [0.717, 1.165) is 6.07 Å². The van der Waals surface area contributed by atoms with Crippen molar-refractivity contribution in [3.8, 4) is 11.9 Å². The van der Waals surface area contributed by atoms with Gasteiger partial charge in [0, 0.05) is 12.3 Å². The van der Waals surface area contributed by atoms with Crippen molar-refractivity contribution >= 4 is 17.5 Å². The lowest BCUT2D eigenvalue weighted by atomic mass is 10.1. The zero-order valence-electron chi connectivity index (χ0n) is 11.9. The van der Waals surface area contributed by atoms with Crippen molar-refractivity contribution in [2.45, 2.75) is 6.10 Å². The van der Waals surface area contributed by atoms with Crippen LogP contribution in [-0.2, 0) is 0 Å². The van der Waals surface area contributed by atoms with Crippen molar-refractivity contribution in [1.29, 1.82) is 5.26 Å². The molecule has 5 nitrogen and oxygen atoms in total. The molecule has 116 valence electrons. The van der Waals surface area contributed by atoms with E-state index in [-0.39, 0.29) is 22.6 Å². The molecule has 0 spiro atoms. The van der Waals surface area contributed by atoms with E-state index >= 15 is 0 Å². The van der Waals surface area contributed by atoms with Gasteiger partial charge in [-0.15, -0.1) is 0 Å². The summed E-state index contributed by atoms with van der Waals surface area (Å²) >= 11 is 5.89. The van der Waals surface area contributed by atoms with Crippen molar-refractivity contribution in [3.63, 3.8) is 0 Å². The molecule has 1 fully saturated rings. The van der Waals surface area contributed by atoms with Crippen molar-refractivity contribution in [3.05, 3.63) is 58.5 Å². The third kappa shape index (κ3) is 3.25. The smallest absolute Gasteiger partial charge is 0.255 e. The first-order valence-electron chi connectivity index (χ1n) is 6.84. The van der Waals surface area contributed by atoms with Gasteiger partial charge in [0.1, 0.15) is 11.9 Å². The molecule has 0 radical (unpaired) electrons. The van der Waals surface area contributed by atoms with Gasteiger partial charge in [0.05, 0.1) is 35.3 Å². The summed E-state index contributed by atoms with van der Waals surface area (Å²) < 4.78 is 18.6. The van der Waals surface area contributed by atoms with E-state index in [1.807, 2.05) is 6.07 Å². The number of hydrogen-bond acceptors (Lipinski definition) is 4. The maximum Gasteiger partial charge on any atom is 0.255 e. The maximum absolute atomic E-state index is 13.0. The van der Waals surface area contributed by atoms with E-state index in [1.54, 1.807) is 17.0 Å². The van der Waals surface area contributed by atoms with Gasteiger partial charge in [-0.25, -0.2) is 9.37 Å². The van der Waals surface area contributed by atoms with Crippen LogP contribution in [0.5, 0.6) is 5.88 Å². The van der Waals surface area contributed by atoms with E-state index in [0.29, 0.717) is 24.5 Å². The number of hydrogen-bond donors (Lipinski definition) is 0. The second-order valence-corrected chi connectivity index (χ2v) is 5.48. The molecule has 7 heteroatoms. The molecule has 0 N–H and O–H groups in total. The number of nitriles is 1. The molecule has 1 saturated heterocycles. The Labute approximate surface area is 136 Å². The topological polar surface area (TPSA) is 66.2 Å².